The molecule has 0 fully saturated rings. The minimum atomic E-state index is -0.839. The van der Waals surface area contributed by atoms with Crippen molar-refractivity contribution in [2.75, 3.05) is 0 Å². The summed E-state index contributed by atoms with van der Waals surface area (Å²) in [5.74, 6) is 0.0218. The zero-order valence-electron chi connectivity index (χ0n) is 13.3. The van der Waals surface area contributed by atoms with Crippen LogP contribution in [0.2, 0.25) is 0 Å². The van der Waals surface area contributed by atoms with Gasteiger partial charge in [0.1, 0.15) is 11.3 Å². The van der Waals surface area contributed by atoms with Crippen LogP contribution in [-0.4, -0.2) is 25.6 Å². The Morgan fingerprint density at radius 2 is 2.05 bits per heavy atom. The summed E-state index contributed by atoms with van der Waals surface area (Å²) in [5.41, 5.74) is 0.797. The number of hydrogen-bond acceptors (Lipinski definition) is 3. The van der Waals surface area contributed by atoms with Gasteiger partial charge in [-0.2, -0.15) is 0 Å². The molecule has 0 saturated carbocycles. The predicted octanol–water partition coefficient (Wildman–Crippen LogP) is 3.30. The Labute approximate surface area is 125 Å². The normalized spacial score (nSPS) is 14.8. The number of rotatable bonds is 5. The fourth-order valence-corrected chi connectivity index (χ4v) is 2.50. The second kappa shape index (κ2) is 5.47. The van der Waals surface area contributed by atoms with Crippen molar-refractivity contribution in [1.29, 1.82) is 0 Å². The molecule has 0 aliphatic rings. The number of hydrogen-bond donors (Lipinski definition) is 1. The van der Waals surface area contributed by atoms with E-state index in [0.29, 0.717) is 6.42 Å². The molecule has 5 nitrogen and oxygen atoms in total. The summed E-state index contributed by atoms with van der Waals surface area (Å²) in [6.45, 7) is 9.79. The summed E-state index contributed by atoms with van der Waals surface area (Å²) in [6, 6.07) is 3.95. The summed E-state index contributed by atoms with van der Waals surface area (Å²) >= 11 is 0. The van der Waals surface area contributed by atoms with Crippen molar-refractivity contribution >= 4 is 17.1 Å². The highest BCUT2D eigenvalue weighted by atomic mass is 16.4. The van der Waals surface area contributed by atoms with Gasteiger partial charge in [-0.1, -0.05) is 13.8 Å². The molecule has 114 valence electrons. The van der Waals surface area contributed by atoms with Crippen molar-refractivity contribution in [3.63, 3.8) is 0 Å². The zero-order valence-corrected chi connectivity index (χ0v) is 13.3. The van der Waals surface area contributed by atoms with Gasteiger partial charge in [-0.15, -0.1) is 0 Å². The number of aliphatic carboxylic acids is 1. The molecule has 0 bridgehead atoms. The van der Waals surface area contributed by atoms with Gasteiger partial charge in [0.15, 0.2) is 5.65 Å². The van der Waals surface area contributed by atoms with Gasteiger partial charge >= 0.3 is 5.97 Å². The van der Waals surface area contributed by atoms with Gasteiger partial charge in [-0.25, -0.2) is 9.97 Å². The maximum atomic E-state index is 11.7. The topological polar surface area (TPSA) is 68.0 Å². The highest BCUT2D eigenvalue weighted by Gasteiger charge is 2.38. The monoisotopic (exact) mass is 289 g/mol. The first-order valence-corrected chi connectivity index (χ1v) is 7.32. The average Bonchev–Trinajstić information content (AvgIpc) is 2.75. The van der Waals surface area contributed by atoms with E-state index in [1.54, 1.807) is 13.1 Å². The standard InChI is InChI=1S/C16H23N3O2/c1-10(2)16(5,15(20)21)9-13-18-12-7-6-8-17-14(12)19(13)11(3)4/h6-8,10-11H,9H2,1-5H3,(H,20,21). The van der Waals surface area contributed by atoms with E-state index in [1.165, 1.54) is 0 Å². The van der Waals surface area contributed by atoms with Gasteiger partial charge in [0.25, 0.3) is 0 Å². The third-order valence-corrected chi connectivity index (χ3v) is 4.33. The number of aromatic nitrogens is 3. The van der Waals surface area contributed by atoms with Gasteiger partial charge in [0, 0.05) is 18.7 Å². The summed E-state index contributed by atoms with van der Waals surface area (Å²) < 4.78 is 2.04. The van der Waals surface area contributed by atoms with Crippen LogP contribution >= 0.6 is 0 Å². The SMILES string of the molecule is CC(C)n1c(CC(C)(C(=O)O)C(C)C)nc2cccnc21. The van der Waals surface area contributed by atoms with Gasteiger partial charge in [0.2, 0.25) is 0 Å². The number of carboxylic acids is 1. The third kappa shape index (κ3) is 2.64. The molecule has 5 heteroatoms. The van der Waals surface area contributed by atoms with Crippen LogP contribution in [0.4, 0.5) is 0 Å². The van der Waals surface area contributed by atoms with Crippen LogP contribution in [0.1, 0.15) is 46.5 Å². The fraction of sp³-hybridized carbons (Fsp3) is 0.562. The van der Waals surface area contributed by atoms with E-state index in [-0.39, 0.29) is 12.0 Å². The summed E-state index contributed by atoms with van der Waals surface area (Å²) in [6.07, 6.45) is 2.14. The Kier molecular flexibility index (Phi) is 4.03. The van der Waals surface area contributed by atoms with Crippen molar-refractivity contribution in [2.45, 2.75) is 47.1 Å². The number of imidazole rings is 1. The maximum Gasteiger partial charge on any atom is 0.310 e. The first-order valence-electron chi connectivity index (χ1n) is 7.32. The van der Waals surface area contributed by atoms with Crippen molar-refractivity contribution in [3.05, 3.63) is 24.2 Å². The second-order valence-corrected chi connectivity index (χ2v) is 6.39. The van der Waals surface area contributed by atoms with E-state index in [0.717, 1.165) is 17.0 Å². The molecule has 0 aliphatic heterocycles. The number of pyridine rings is 1. The molecule has 0 amide bonds. The van der Waals surface area contributed by atoms with Crippen molar-refractivity contribution in [1.82, 2.24) is 14.5 Å². The van der Waals surface area contributed by atoms with Gasteiger partial charge in [0.05, 0.1) is 5.41 Å². The molecule has 0 aromatic carbocycles. The van der Waals surface area contributed by atoms with Crippen molar-refractivity contribution in [2.24, 2.45) is 11.3 Å². The fourth-order valence-electron chi connectivity index (χ4n) is 2.50. The largest absolute Gasteiger partial charge is 0.481 e. The molecule has 2 aromatic rings. The van der Waals surface area contributed by atoms with E-state index in [4.69, 9.17) is 0 Å². The molecule has 0 spiro atoms. The Balaban J connectivity index is 2.56. The molecular formula is C16H23N3O2. The van der Waals surface area contributed by atoms with Crippen LogP contribution in [0, 0.1) is 11.3 Å². The Morgan fingerprint density at radius 3 is 2.57 bits per heavy atom. The van der Waals surface area contributed by atoms with E-state index in [1.807, 2.05) is 30.5 Å². The first kappa shape index (κ1) is 15.5. The molecule has 0 aliphatic carbocycles. The minimum absolute atomic E-state index is 0.0170. The number of carboxylic acid groups (broad SMARTS) is 1. The molecule has 0 saturated heterocycles. The molecular weight excluding hydrogens is 266 g/mol. The third-order valence-electron chi connectivity index (χ3n) is 4.33. The van der Waals surface area contributed by atoms with E-state index in [2.05, 4.69) is 23.8 Å². The number of carbonyl (C=O) groups is 1. The molecule has 21 heavy (non-hydrogen) atoms. The van der Waals surface area contributed by atoms with Gasteiger partial charge in [-0.3, -0.25) is 4.79 Å². The van der Waals surface area contributed by atoms with Gasteiger partial charge in [-0.05, 0) is 38.8 Å². The predicted molar refractivity (Wildman–Crippen MR) is 82.2 cm³/mol. The van der Waals surface area contributed by atoms with E-state index < -0.39 is 11.4 Å². The van der Waals surface area contributed by atoms with Crippen LogP contribution in [0.5, 0.6) is 0 Å². The highest BCUT2D eigenvalue weighted by molar-refractivity contribution is 5.75. The maximum absolute atomic E-state index is 11.7. The Bertz CT molecular complexity index is 661. The number of nitrogens with zero attached hydrogens (tertiary/aromatic N) is 3. The van der Waals surface area contributed by atoms with Crippen LogP contribution < -0.4 is 0 Å². The smallest absolute Gasteiger partial charge is 0.310 e. The summed E-state index contributed by atoms with van der Waals surface area (Å²) in [7, 11) is 0. The Hall–Kier alpha value is -1.91. The lowest BCUT2D eigenvalue weighted by Gasteiger charge is -2.29. The molecule has 1 unspecified atom stereocenters. The van der Waals surface area contributed by atoms with Gasteiger partial charge < -0.3 is 9.67 Å². The molecule has 1 atom stereocenters. The lowest BCUT2D eigenvalue weighted by Crippen LogP contribution is -2.36. The average molecular weight is 289 g/mol. The first-order chi connectivity index (χ1) is 9.77. The summed E-state index contributed by atoms with van der Waals surface area (Å²) in [4.78, 5) is 20.7. The number of fused-ring (bicyclic) bond motifs is 1. The molecule has 2 aromatic heterocycles. The second-order valence-electron chi connectivity index (χ2n) is 6.39. The molecule has 0 radical (unpaired) electrons. The van der Waals surface area contributed by atoms with Crippen LogP contribution in [0.15, 0.2) is 18.3 Å². The minimum Gasteiger partial charge on any atom is -0.481 e. The molecule has 1 N–H and O–H groups in total. The van der Waals surface area contributed by atoms with E-state index in [9.17, 15) is 9.90 Å². The van der Waals surface area contributed by atoms with Crippen LogP contribution in [-0.2, 0) is 11.2 Å². The molecule has 2 heterocycles. The van der Waals surface area contributed by atoms with Crippen LogP contribution in [0.3, 0.4) is 0 Å². The molecule has 2 rings (SSSR count). The van der Waals surface area contributed by atoms with Crippen molar-refractivity contribution in [3.8, 4) is 0 Å². The zero-order chi connectivity index (χ0) is 15.8. The Morgan fingerprint density at radius 1 is 1.38 bits per heavy atom. The quantitative estimate of drug-likeness (QED) is 0.917. The lowest BCUT2D eigenvalue weighted by molar-refractivity contribution is -0.150. The highest BCUT2D eigenvalue weighted by Crippen LogP contribution is 2.33. The van der Waals surface area contributed by atoms with Crippen LogP contribution in [0.25, 0.3) is 11.2 Å². The summed E-state index contributed by atoms with van der Waals surface area (Å²) in [5, 5.41) is 9.62. The lowest BCUT2D eigenvalue weighted by atomic mass is 9.76. The van der Waals surface area contributed by atoms with Crippen molar-refractivity contribution < 1.29 is 9.90 Å². The van der Waals surface area contributed by atoms with E-state index >= 15 is 0 Å².